The summed E-state index contributed by atoms with van der Waals surface area (Å²) in [5.41, 5.74) is 4.33. The highest BCUT2D eigenvalue weighted by Gasteiger charge is 2.10. The van der Waals surface area contributed by atoms with Gasteiger partial charge in [-0.25, -0.2) is 5.43 Å². The summed E-state index contributed by atoms with van der Waals surface area (Å²) in [5.74, 6) is -0.389. The molecule has 0 aliphatic carbocycles. The zero-order chi connectivity index (χ0) is 14.5. The highest BCUT2D eigenvalue weighted by Crippen LogP contribution is 2.20. The van der Waals surface area contributed by atoms with E-state index in [1.54, 1.807) is 43.6 Å². The predicted molar refractivity (Wildman–Crippen MR) is 80.4 cm³/mol. The third-order valence-electron chi connectivity index (χ3n) is 2.60. The fourth-order valence-electron chi connectivity index (χ4n) is 1.53. The van der Waals surface area contributed by atoms with Crippen LogP contribution in [0.5, 0.6) is 0 Å². The molecule has 102 valence electrons. The zero-order valence-corrected chi connectivity index (χ0v) is 12.1. The van der Waals surface area contributed by atoms with Crippen LogP contribution in [0.2, 0.25) is 10.0 Å². The number of halogens is 2. The van der Waals surface area contributed by atoms with Gasteiger partial charge in [0.25, 0.3) is 5.91 Å². The summed E-state index contributed by atoms with van der Waals surface area (Å²) in [6.07, 6.45) is 3.32. The first-order chi connectivity index (χ1) is 9.58. The smallest absolute Gasteiger partial charge is 0.267 e. The van der Waals surface area contributed by atoms with Crippen molar-refractivity contribution < 1.29 is 4.79 Å². The Balaban J connectivity index is 2.12. The first-order valence-corrected chi connectivity index (χ1v) is 6.53. The molecule has 1 N–H and O–H groups in total. The van der Waals surface area contributed by atoms with Gasteiger partial charge in [-0.3, -0.25) is 9.78 Å². The highest BCUT2D eigenvalue weighted by atomic mass is 35.5. The maximum Gasteiger partial charge on any atom is 0.272 e. The molecule has 0 saturated carbocycles. The summed E-state index contributed by atoms with van der Waals surface area (Å²) in [5, 5.41) is 4.79. The van der Waals surface area contributed by atoms with E-state index in [1.165, 1.54) is 6.07 Å². The number of amides is 1. The van der Waals surface area contributed by atoms with Crippen molar-refractivity contribution in [2.24, 2.45) is 5.10 Å². The number of rotatable bonds is 3. The molecule has 20 heavy (non-hydrogen) atoms. The number of hydrogen-bond acceptors (Lipinski definition) is 3. The number of carbonyl (C=O) groups is 1. The molecule has 2 aromatic rings. The largest absolute Gasteiger partial charge is 0.272 e. The minimum absolute atomic E-state index is 0.284. The topological polar surface area (TPSA) is 54.4 Å². The van der Waals surface area contributed by atoms with Crippen molar-refractivity contribution in [3.05, 3.63) is 63.9 Å². The quantitative estimate of drug-likeness (QED) is 0.696. The Morgan fingerprint density at radius 1 is 1.20 bits per heavy atom. The van der Waals surface area contributed by atoms with Crippen LogP contribution in [-0.2, 0) is 0 Å². The molecule has 0 unspecified atom stereocenters. The molecule has 0 spiro atoms. The lowest BCUT2D eigenvalue weighted by atomic mass is 10.2. The SMILES string of the molecule is CC(=NNC(=O)c1ccc(Cl)cc1Cl)c1ccncc1. The van der Waals surface area contributed by atoms with Gasteiger partial charge in [-0.1, -0.05) is 23.2 Å². The molecule has 1 amide bonds. The van der Waals surface area contributed by atoms with Crippen LogP contribution in [0, 0.1) is 0 Å². The van der Waals surface area contributed by atoms with Crippen molar-refractivity contribution in [2.45, 2.75) is 6.92 Å². The van der Waals surface area contributed by atoms with E-state index in [0.29, 0.717) is 16.3 Å². The van der Waals surface area contributed by atoms with Crippen LogP contribution in [0.15, 0.2) is 47.8 Å². The number of pyridine rings is 1. The normalized spacial score (nSPS) is 11.2. The lowest BCUT2D eigenvalue weighted by molar-refractivity contribution is 0.0955. The van der Waals surface area contributed by atoms with Gasteiger partial charge in [-0.15, -0.1) is 0 Å². The molecule has 0 aliphatic heterocycles. The lowest BCUT2D eigenvalue weighted by Gasteiger charge is -2.04. The van der Waals surface area contributed by atoms with Crippen LogP contribution < -0.4 is 5.43 Å². The monoisotopic (exact) mass is 307 g/mol. The third kappa shape index (κ3) is 3.56. The van der Waals surface area contributed by atoms with Gasteiger partial charge < -0.3 is 0 Å². The van der Waals surface area contributed by atoms with Crippen molar-refractivity contribution in [2.75, 3.05) is 0 Å². The average Bonchev–Trinajstić information content (AvgIpc) is 2.45. The molecule has 0 aliphatic rings. The predicted octanol–water partition coefficient (Wildman–Crippen LogP) is 3.54. The summed E-state index contributed by atoms with van der Waals surface area (Å²) in [7, 11) is 0. The summed E-state index contributed by atoms with van der Waals surface area (Å²) in [6.45, 7) is 1.79. The minimum atomic E-state index is -0.389. The van der Waals surface area contributed by atoms with Crippen molar-refractivity contribution in [3.63, 3.8) is 0 Å². The van der Waals surface area contributed by atoms with E-state index in [9.17, 15) is 4.79 Å². The second-order valence-corrected chi connectivity index (χ2v) is 4.84. The molecule has 1 heterocycles. The number of nitrogens with zero attached hydrogens (tertiary/aromatic N) is 2. The van der Waals surface area contributed by atoms with Crippen molar-refractivity contribution in [1.29, 1.82) is 0 Å². The van der Waals surface area contributed by atoms with E-state index in [1.807, 2.05) is 0 Å². The number of hydrazone groups is 1. The van der Waals surface area contributed by atoms with E-state index in [-0.39, 0.29) is 10.9 Å². The molecule has 0 fully saturated rings. The van der Waals surface area contributed by atoms with E-state index in [0.717, 1.165) is 5.56 Å². The number of benzene rings is 1. The van der Waals surface area contributed by atoms with Crippen LogP contribution in [-0.4, -0.2) is 16.6 Å². The van der Waals surface area contributed by atoms with Gasteiger partial charge in [0.2, 0.25) is 0 Å². The average molecular weight is 308 g/mol. The fraction of sp³-hybridized carbons (Fsp3) is 0.0714. The Morgan fingerprint density at radius 3 is 2.55 bits per heavy atom. The molecule has 0 atom stereocenters. The van der Waals surface area contributed by atoms with E-state index >= 15 is 0 Å². The summed E-state index contributed by atoms with van der Waals surface area (Å²) in [6, 6.07) is 8.27. The lowest BCUT2D eigenvalue weighted by Crippen LogP contribution is -2.19. The molecule has 1 aromatic carbocycles. The molecule has 1 aromatic heterocycles. The Morgan fingerprint density at radius 2 is 1.90 bits per heavy atom. The molecule has 4 nitrogen and oxygen atoms in total. The van der Waals surface area contributed by atoms with Gasteiger partial charge in [0.1, 0.15) is 0 Å². The minimum Gasteiger partial charge on any atom is -0.267 e. The summed E-state index contributed by atoms with van der Waals surface area (Å²) in [4.78, 5) is 15.9. The molecule has 0 saturated heterocycles. The molecule has 0 radical (unpaired) electrons. The van der Waals surface area contributed by atoms with Gasteiger partial charge in [0, 0.05) is 23.0 Å². The first kappa shape index (κ1) is 14.5. The maximum absolute atomic E-state index is 12.0. The third-order valence-corrected chi connectivity index (χ3v) is 3.15. The fourth-order valence-corrected chi connectivity index (χ4v) is 2.02. The van der Waals surface area contributed by atoms with Crippen LogP contribution in [0.4, 0.5) is 0 Å². The van der Waals surface area contributed by atoms with Crippen LogP contribution in [0.1, 0.15) is 22.8 Å². The van der Waals surface area contributed by atoms with Crippen LogP contribution in [0.25, 0.3) is 0 Å². The molecular formula is C14H11Cl2N3O. The van der Waals surface area contributed by atoms with Gasteiger partial charge in [0.15, 0.2) is 0 Å². The van der Waals surface area contributed by atoms with Gasteiger partial charge in [-0.05, 0) is 37.3 Å². The summed E-state index contributed by atoms with van der Waals surface area (Å²) >= 11 is 11.7. The van der Waals surface area contributed by atoms with Gasteiger partial charge in [-0.2, -0.15) is 5.10 Å². The molecule has 2 rings (SSSR count). The standard InChI is InChI=1S/C14H11Cl2N3O/c1-9(10-4-6-17-7-5-10)18-19-14(20)12-3-2-11(15)8-13(12)16/h2-8H,1H3,(H,19,20). The second kappa shape index (κ2) is 6.50. The number of hydrogen-bond donors (Lipinski definition) is 1. The Hall–Kier alpha value is -1.91. The van der Waals surface area contributed by atoms with E-state index in [4.69, 9.17) is 23.2 Å². The van der Waals surface area contributed by atoms with Crippen LogP contribution >= 0.6 is 23.2 Å². The van der Waals surface area contributed by atoms with Crippen molar-refractivity contribution in [1.82, 2.24) is 10.4 Å². The molecular weight excluding hydrogens is 297 g/mol. The summed E-state index contributed by atoms with van der Waals surface area (Å²) < 4.78 is 0. The second-order valence-electron chi connectivity index (χ2n) is 4.00. The van der Waals surface area contributed by atoms with E-state index < -0.39 is 0 Å². The Labute approximate surface area is 126 Å². The van der Waals surface area contributed by atoms with Gasteiger partial charge >= 0.3 is 0 Å². The maximum atomic E-state index is 12.0. The van der Waals surface area contributed by atoms with Crippen molar-refractivity contribution >= 4 is 34.8 Å². The zero-order valence-electron chi connectivity index (χ0n) is 10.6. The molecule has 0 bridgehead atoms. The number of carbonyl (C=O) groups excluding carboxylic acids is 1. The van der Waals surface area contributed by atoms with Crippen LogP contribution in [0.3, 0.4) is 0 Å². The Bertz CT molecular complexity index is 657. The van der Waals surface area contributed by atoms with Crippen molar-refractivity contribution in [3.8, 4) is 0 Å². The molecule has 6 heteroatoms. The Kier molecular flexibility index (Phi) is 4.71. The van der Waals surface area contributed by atoms with Gasteiger partial charge in [0.05, 0.1) is 16.3 Å². The highest BCUT2D eigenvalue weighted by molar-refractivity contribution is 6.36. The van der Waals surface area contributed by atoms with E-state index in [2.05, 4.69) is 15.5 Å². The number of aromatic nitrogens is 1. The first-order valence-electron chi connectivity index (χ1n) is 5.78. The number of nitrogens with one attached hydrogen (secondary N) is 1.